The summed E-state index contributed by atoms with van der Waals surface area (Å²) in [7, 11) is 0. The smallest absolute Gasteiger partial charge is 0.173 e. The molecule has 0 fully saturated rings. The molecule has 4 rings (SSSR count). The van der Waals surface area contributed by atoms with Crippen molar-refractivity contribution in [3.63, 3.8) is 0 Å². The molecule has 2 aromatic carbocycles. The minimum Gasteiger partial charge on any atom is -0.289 e. The lowest BCUT2D eigenvalue weighted by atomic mass is 9.99. The fourth-order valence-corrected chi connectivity index (χ4v) is 3.22. The number of tetrazole rings is 1. The van der Waals surface area contributed by atoms with Crippen molar-refractivity contribution in [1.82, 2.24) is 25.1 Å². The number of hydrogen-bond donors (Lipinski definition) is 0. The van der Waals surface area contributed by atoms with E-state index >= 15 is 0 Å². The van der Waals surface area contributed by atoms with E-state index in [1.807, 2.05) is 35.0 Å². The summed E-state index contributed by atoms with van der Waals surface area (Å²) >= 11 is 0. The van der Waals surface area contributed by atoms with Gasteiger partial charge in [-0.15, -0.1) is 5.10 Å². The summed E-state index contributed by atoms with van der Waals surface area (Å²) < 4.78 is 1.84. The first-order valence-corrected chi connectivity index (χ1v) is 7.97. The van der Waals surface area contributed by atoms with Gasteiger partial charge < -0.3 is 0 Å². The maximum Gasteiger partial charge on any atom is 0.173 e. The Kier molecular flexibility index (Phi) is 3.63. The Morgan fingerprint density at radius 1 is 0.957 bits per heavy atom. The number of fused-ring (bicyclic) bond motifs is 1. The summed E-state index contributed by atoms with van der Waals surface area (Å²) in [6.07, 6.45) is 1.08. The molecule has 5 nitrogen and oxygen atoms in total. The van der Waals surface area contributed by atoms with Crippen LogP contribution in [0.5, 0.6) is 0 Å². The zero-order valence-electron chi connectivity index (χ0n) is 13.1. The van der Waals surface area contributed by atoms with Gasteiger partial charge in [-0.25, -0.2) is 0 Å². The maximum atomic E-state index is 4.28. The molecule has 0 amide bonds. The van der Waals surface area contributed by atoms with Crippen molar-refractivity contribution in [1.29, 1.82) is 0 Å². The van der Waals surface area contributed by atoms with Gasteiger partial charge in [0, 0.05) is 13.1 Å². The molecular formula is C18H19N5. The predicted octanol–water partition coefficient (Wildman–Crippen LogP) is 2.78. The highest BCUT2D eigenvalue weighted by Crippen LogP contribution is 2.27. The molecule has 1 atom stereocenters. The van der Waals surface area contributed by atoms with Crippen LogP contribution in [-0.4, -0.2) is 31.7 Å². The van der Waals surface area contributed by atoms with Crippen LogP contribution < -0.4 is 0 Å². The molecule has 116 valence electrons. The van der Waals surface area contributed by atoms with E-state index in [1.165, 1.54) is 11.1 Å². The van der Waals surface area contributed by atoms with E-state index in [1.54, 1.807) is 0 Å². The monoisotopic (exact) mass is 305 g/mol. The molecule has 0 unspecified atom stereocenters. The quantitative estimate of drug-likeness (QED) is 0.746. The van der Waals surface area contributed by atoms with E-state index in [-0.39, 0.29) is 6.04 Å². The second-order valence-corrected chi connectivity index (χ2v) is 5.95. The second kappa shape index (κ2) is 5.93. The van der Waals surface area contributed by atoms with Crippen molar-refractivity contribution in [3.8, 4) is 5.69 Å². The highest BCUT2D eigenvalue weighted by molar-refractivity contribution is 5.32. The van der Waals surface area contributed by atoms with Gasteiger partial charge in [-0.2, -0.15) is 4.68 Å². The van der Waals surface area contributed by atoms with E-state index in [9.17, 15) is 0 Å². The number of nitrogens with zero attached hydrogens (tertiary/aromatic N) is 5. The average Bonchev–Trinajstić information content (AvgIpc) is 3.11. The Morgan fingerprint density at radius 2 is 1.70 bits per heavy atom. The van der Waals surface area contributed by atoms with Crippen LogP contribution in [0.1, 0.15) is 29.9 Å². The first-order valence-electron chi connectivity index (χ1n) is 7.97. The highest BCUT2D eigenvalue weighted by atomic mass is 15.6. The van der Waals surface area contributed by atoms with E-state index in [0.717, 1.165) is 31.0 Å². The molecule has 1 aromatic heterocycles. The second-order valence-electron chi connectivity index (χ2n) is 5.95. The molecule has 3 aromatic rings. The van der Waals surface area contributed by atoms with Gasteiger partial charge in [0.1, 0.15) is 0 Å². The summed E-state index contributed by atoms with van der Waals surface area (Å²) in [6, 6.07) is 18.9. The Morgan fingerprint density at radius 3 is 2.52 bits per heavy atom. The minimum absolute atomic E-state index is 0.165. The summed E-state index contributed by atoms with van der Waals surface area (Å²) in [5.74, 6) is 0.885. The van der Waals surface area contributed by atoms with Crippen LogP contribution in [0, 0.1) is 0 Å². The first-order chi connectivity index (χ1) is 11.3. The van der Waals surface area contributed by atoms with Gasteiger partial charge in [0.2, 0.25) is 0 Å². The fraction of sp³-hybridized carbons (Fsp3) is 0.278. The molecule has 2 heterocycles. The molecule has 0 aliphatic carbocycles. The summed E-state index contributed by atoms with van der Waals surface area (Å²) in [5, 5.41) is 12.4. The summed E-state index contributed by atoms with van der Waals surface area (Å²) in [6.45, 7) is 4.15. The van der Waals surface area contributed by atoms with Gasteiger partial charge >= 0.3 is 0 Å². The third-order valence-corrected chi connectivity index (χ3v) is 4.58. The number of hydrogen-bond acceptors (Lipinski definition) is 4. The highest BCUT2D eigenvalue weighted by Gasteiger charge is 2.25. The number of aromatic nitrogens is 4. The molecule has 0 N–H and O–H groups in total. The third-order valence-electron chi connectivity index (χ3n) is 4.58. The molecular weight excluding hydrogens is 286 g/mol. The number of rotatable bonds is 3. The Hall–Kier alpha value is -2.53. The largest absolute Gasteiger partial charge is 0.289 e. The Labute approximate surface area is 135 Å². The molecule has 1 aliphatic heterocycles. The fourth-order valence-electron chi connectivity index (χ4n) is 3.22. The van der Waals surface area contributed by atoms with Crippen LogP contribution in [0.4, 0.5) is 0 Å². The summed E-state index contributed by atoms with van der Waals surface area (Å²) in [4.78, 5) is 2.44. The lowest BCUT2D eigenvalue weighted by Crippen LogP contribution is -2.34. The average molecular weight is 305 g/mol. The van der Waals surface area contributed by atoms with E-state index in [2.05, 4.69) is 51.6 Å². The van der Waals surface area contributed by atoms with Crippen molar-refractivity contribution < 1.29 is 0 Å². The molecule has 5 heteroatoms. The van der Waals surface area contributed by atoms with Crippen LogP contribution in [0.2, 0.25) is 0 Å². The van der Waals surface area contributed by atoms with Crippen molar-refractivity contribution in [2.75, 3.05) is 6.54 Å². The lowest BCUT2D eigenvalue weighted by Gasteiger charge is -2.32. The number of para-hydroxylation sites is 1. The van der Waals surface area contributed by atoms with Gasteiger partial charge in [-0.05, 0) is 47.0 Å². The van der Waals surface area contributed by atoms with Crippen molar-refractivity contribution in [2.45, 2.75) is 25.9 Å². The SMILES string of the molecule is C[C@H](c1nnnn1-c1ccccc1)N1CCc2ccccc2C1. The van der Waals surface area contributed by atoms with Crippen LogP contribution in [-0.2, 0) is 13.0 Å². The standard InChI is InChI=1S/C18H19N5/c1-14(22-12-11-15-7-5-6-8-16(15)13-22)18-19-20-21-23(18)17-9-3-2-4-10-17/h2-10,14H,11-13H2,1H3/t14-/m1/s1. The van der Waals surface area contributed by atoms with Gasteiger partial charge in [0.15, 0.2) is 5.82 Å². The van der Waals surface area contributed by atoms with E-state index in [4.69, 9.17) is 0 Å². The predicted molar refractivity (Wildman–Crippen MR) is 88.1 cm³/mol. The van der Waals surface area contributed by atoms with Crippen LogP contribution >= 0.6 is 0 Å². The van der Waals surface area contributed by atoms with Crippen LogP contribution in [0.25, 0.3) is 5.69 Å². The molecule has 23 heavy (non-hydrogen) atoms. The molecule has 0 radical (unpaired) electrons. The van der Waals surface area contributed by atoms with Crippen LogP contribution in [0.15, 0.2) is 54.6 Å². The molecule has 0 spiro atoms. The summed E-state index contributed by atoms with van der Waals surface area (Å²) in [5.41, 5.74) is 3.86. The first kappa shape index (κ1) is 14.1. The van der Waals surface area contributed by atoms with Gasteiger partial charge in [0.05, 0.1) is 11.7 Å². The van der Waals surface area contributed by atoms with E-state index < -0.39 is 0 Å². The van der Waals surface area contributed by atoms with Crippen molar-refractivity contribution in [3.05, 3.63) is 71.5 Å². The van der Waals surface area contributed by atoms with Crippen LogP contribution in [0.3, 0.4) is 0 Å². The number of benzene rings is 2. The zero-order valence-corrected chi connectivity index (χ0v) is 13.1. The maximum absolute atomic E-state index is 4.28. The van der Waals surface area contributed by atoms with Crippen molar-refractivity contribution in [2.24, 2.45) is 0 Å². The zero-order chi connectivity index (χ0) is 15.6. The normalized spacial score (nSPS) is 16.0. The molecule has 0 bridgehead atoms. The Bertz CT molecular complexity index is 796. The molecule has 0 saturated heterocycles. The minimum atomic E-state index is 0.165. The topological polar surface area (TPSA) is 46.8 Å². The molecule has 1 aliphatic rings. The van der Waals surface area contributed by atoms with Gasteiger partial charge in [0.25, 0.3) is 0 Å². The third kappa shape index (κ3) is 2.64. The molecule has 0 saturated carbocycles. The lowest BCUT2D eigenvalue weighted by molar-refractivity contribution is 0.183. The van der Waals surface area contributed by atoms with Gasteiger partial charge in [-0.1, -0.05) is 42.5 Å². The Balaban J connectivity index is 1.62. The van der Waals surface area contributed by atoms with Crippen molar-refractivity contribution >= 4 is 0 Å². The van der Waals surface area contributed by atoms with Gasteiger partial charge in [-0.3, -0.25) is 4.90 Å². The van der Waals surface area contributed by atoms with E-state index in [0.29, 0.717) is 0 Å².